The molecule has 3 rings (SSSR count). The number of aromatic nitrogens is 2. The molecule has 2 heterocycles. The summed E-state index contributed by atoms with van der Waals surface area (Å²) in [5.74, 6) is 0.723. The summed E-state index contributed by atoms with van der Waals surface area (Å²) in [5, 5.41) is 0. The fourth-order valence-corrected chi connectivity index (χ4v) is 2.80. The number of para-hydroxylation sites is 1. The SMILES string of the molecule is Cc1cnc(C(=O)N2Cc3ccccc3O[C@H](CN(C)C)C2)cn1. The van der Waals surface area contributed by atoms with E-state index in [1.807, 2.05) is 45.3 Å². The number of benzene rings is 1. The van der Waals surface area contributed by atoms with Gasteiger partial charge in [0.25, 0.3) is 5.91 Å². The van der Waals surface area contributed by atoms with Crippen LogP contribution in [0.3, 0.4) is 0 Å². The maximum absolute atomic E-state index is 12.9. The molecule has 0 aliphatic carbocycles. The molecule has 6 heteroatoms. The van der Waals surface area contributed by atoms with E-state index in [-0.39, 0.29) is 12.0 Å². The summed E-state index contributed by atoms with van der Waals surface area (Å²) in [6.07, 6.45) is 3.06. The van der Waals surface area contributed by atoms with Crippen molar-refractivity contribution in [2.45, 2.75) is 19.6 Å². The number of hydrogen-bond acceptors (Lipinski definition) is 5. The third-order valence-corrected chi connectivity index (χ3v) is 3.91. The van der Waals surface area contributed by atoms with Gasteiger partial charge in [0, 0.05) is 24.8 Å². The molecule has 126 valence electrons. The number of carbonyl (C=O) groups excluding carboxylic acids is 1. The highest BCUT2D eigenvalue weighted by Crippen LogP contribution is 2.25. The molecule has 0 radical (unpaired) electrons. The number of carbonyl (C=O) groups is 1. The van der Waals surface area contributed by atoms with Crippen molar-refractivity contribution in [2.24, 2.45) is 0 Å². The van der Waals surface area contributed by atoms with Crippen molar-refractivity contribution in [3.05, 3.63) is 53.6 Å². The van der Waals surface area contributed by atoms with Gasteiger partial charge in [-0.05, 0) is 27.1 Å². The summed E-state index contributed by atoms with van der Waals surface area (Å²) in [4.78, 5) is 25.1. The summed E-state index contributed by atoms with van der Waals surface area (Å²) < 4.78 is 6.13. The minimum Gasteiger partial charge on any atom is -0.487 e. The van der Waals surface area contributed by atoms with Gasteiger partial charge in [0.15, 0.2) is 0 Å². The summed E-state index contributed by atoms with van der Waals surface area (Å²) in [6, 6.07) is 7.86. The Morgan fingerprint density at radius 1 is 1.29 bits per heavy atom. The first-order valence-corrected chi connectivity index (χ1v) is 8.00. The van der Waals surface area contributed by atoms with Gasteiger partial charge in [0.1, 0.15) is 17.5 Å². The van der Waals surface area contributed by atoms with Gasteiger partial charge in [-0.25, -0.2) is 4.98 Å². The van der Waals surface area contributed by atoms with Crippen molar-refractivity contribution in [2.75, 3.05) is 27.2 Å². The smallest absolute Gasteiger partial charge is 0.274 e. The third kappa shape index (κ3) is 3.71. The van der Waals surface area contributed by atoms with E-state index in [0.717, 1.165) is 23.6 Å². The quantitative estimate of drug-likeness (QED) is 0.860. The molecule has 2 aromatic rings. The molecule has 0 bridgehead atoms. The van der Waals surface area contributed by atoms with Gasteiger partial charge in [-0.2, -0.15) is 0 Å². The van der Waals surface area contributed by atoms with E-state index in [9.17, 15) is 4.79 Å². The molecule has 0 saturated heterocycles. The van der Waals surface area contributed by atoms with E-state index in [0.29, 0.717) is 18.8 Å². The Kier molecular flexibility index (Phi) is 4.76. The second-order valence-electron chi connectivity index (χ2n) is 6.34. The molecule has 0 N–H and O–H groups in total. The van der Waals surface area contributed by atoms with Crippen LogP contribution in [-0.4, -0.2) is 59.0 Å². The number of hydrogen-bond donors (Lipinski definition) is 0. The number of likely N-dealkylation sites (N-methyl/N-ethyl adjacent to an activating group) is 1. The van der Waals surface area contributed by atoms with Gasteiger partial charge in [-0.3, -0.25) is 9.78 Å². The van der Waals surface area contributed by atoms with Crippen LogP contribution >= 0.6 is 0 Å². The van der Waals surface area contributed by atoms with Crippen molar-refractivity contribution >= 4 is 5.91 Å². The van der Waals surface area contributed by atoms with Crippen molar-refractivity contribution in [1.82, 2.24) is 19.8 Å². The predicted molar refractivity (Wildman–Crippen MR) is 90.9 cm³/mol. The van der Waals surface area contributed by atoms with Crippen molar-refractivity contribution < 1.29 is 9.53 Å². The monoisotopic (exact) mass is 326 g/mol. The molecule has 0 unspecified atom stereocenters. The standard InChI is InChI=1S/C18H22N4O2/c1-13-8-20-16(9-19-13)18(23)22-10-14-6-4-5-7-17(14)24-15(12-22)11-21(2)3/h4-9,15H,10-12H2,1-3H3/t15-/m1/s1. The fourth-order valence-electron chi connectivity index (χ4n) is 2.80. The van der Waals surface area contributed by atoms with Crippen LogP contribution in [0.15, 0.2) is 36.7 Å². The Morgan fingerprint density at radius 2 is 2.08 bits per heavy atom. The van der Waals surface area contributed by atoms with Crippen molar-refractivity contribution in [3.63, 3.8) is 0 Å². The third-order valence-electron chi connectivity index (χ3n) is 3.91. The molecular weight excluding hydrogens is 304 g/mol. The Hall–Kier alpha value is -2.47. The van der Waals surface area contributed by atoms with Crippen LogP contribution < -0.4 is 4.74 Å². The van der Waals surface area contributed by atoms with Crippen molar-refractivity contribution in [3.8, 4) is 5.75 Å². The Morgan fingerprint density at radius 3 is 2.79 bits per heavy atom. The minimum atomic E-state index is -0.119. The lowest BCUT2D eigenvalue weighted by Crippen LogP contribution is -2.42. The van der Waals surface area contributed by atoms with Crippen LogP contribution in [0.5, 0.6) is 5.75 Å². The van der Waals surface area contributed by atoms with E-state index in [1.165, 1.54) is 6.20 Å². The van der Waals surface area contributed by atoms with Crippen molar-refractivity contribution in [1.29, 1.82) is 0 Å². The zero-order chi connectivity index (χ0) is 17.1. The van der Waals surface area contributed by atoms with Crippen LogP contribution in [0.25, 0.3) is 0 Å². The van der Waals surface area contributed by atoms with Gasteiger partial charge in [0.05, 0.1) is 18.4 Å². The Balaban J connectivity index is 1.88. The molecule has 1 aromatic heterocycles. The highest BCUT2D eigenvalue weighted by atomic mass is 16.5. The maximum Gasteiger partial charge on any atom is 0.274 e. The molecule has 1 aliphatic heterocycles. The van der Waals surface area contributed by atoms with E-state index in [2.05, 4.69) is 14.9 Å². The molecule has 6 nitrogen and oxygen atoms in total. The predicted octanol–water partition coefficient (Wildman–Crippen LogP) is 1.75. The van der Waals surface area contributed by atoms with Gasteiger partial charge < -0.3 is 14.5 Å². The normalized spacial score (nSPS) is 17.2. The highest BCUT2D eigenvalue weighted by molar-refractivity contribution is 5.92. The largest absolute Gasteiger partial charge is 0.487 e. The van der Waals surface area contributed by atoms with Gasteiger partial charge in [-0.15, -0.1) is 0 Å². The van der Waals surface area contributed by atoms with E-state index < -0.39 is 0 Å². The number of nitrogens with zero attached hydrogens (tertiary/aromatic N) is 4. The second-order valence-corrected chi connectivity index (χ2v) is 6.34. The van der Waals surface area contributed by atoms with E-state index in [4.69, 9.17) is 4.74 Å². The average Bonchev–Trinajstić information content (AvgIpc) is 2.73. The zero-order valence-corrected chi connectivity index (χ0v) is 14.3. The number of ether oxygens (including phenoxy) is 1. The Labute approximate surface area is 142 Å². The Bertz CT molecular complexity index is 715. The molecule has 0 spiro atoms. The molecule has 24 heavy (non-hydrogen) atoms. The number of amides is 1. The van der Waals surface area contributed by atoms with Gasteiger partial charge in [0.2, 0.25) is 0 Å². The maximum atomic E-state index is 12.9. The lowest BCUT2D eigenvalue weighted by Gasteiger charge is -2.25. The summed E-state index contributed by atoms with van der Waals surface area (Å²) in [6.45, 7) is 3.61. The first-order chi connectivity index (χ1) is 11.5. The van der Waals surface area contributed by atoms with Crippen LogP contribution in [0, 0.1) is 6.92 Å². The second kappa shape index (κ2) is 6.97. The average molecular weight is 326 g/mol. The summed E-state index contributed by atoms with van der Waals surface area (Å²) in [5.41, 5.74) is 2.16. The molecule has 0 saturated carbocycles. The molecule has 1 atom stereocenters. The summed E-state index contributed by atoms with van der Waals surface area (Å²) in [7, 11) is 4.00. The van der Waals surface area contributed by atoms with E-state index >= 15 is 0 Å². The minimum absolute atomic E-state index is 0.0917. The lowest BCUT2D eigenvalue weighted by molar-refractivity contribution is 0.0643. The number of aryl methyl sites for hydroxylation is 1. The molecule has 1 aromatic carbocycles. The molecule has 1 amide bonds. The number of fused-ring (bicyclic) bond motifs is 1. The first-order valence-electron chi connectivity index (χ1n) is 8.00. The fraction of sp³-hybridized carbons (Fsp3) is 0.389. The summed E-state index contributed by atoms with van der Waals surface area (Å²) >= 11 is 0. The van der Waals surface area contributed by atoms with Crippen LogP contribution in [-0.2, 0) is 6.54 Å². The zero-order valence-electron chi connectivity index (χ0n) is 14.3. The first kappa shape index (κ1) is 16.4. The molecular formula is C18H22N4O2. The van der Waals surface area contributed by atoms with E-state index in [1.54, 1.807) is 11.1 Å². The highest BCUT2D eigenvalue weighted by Gasteiger charge is 2.27. The van der Waals surface area contributed by atoms with Crippen LogP contribution in [0.4, 0.5) is 0 Å². The topological polar surface area (TPSA) is 58.6 Å². The van der Waals surface area contributed by atoms with Gasteiger partial charge >= 0.3 is 0 Å². The van der Waals surface area contributed by atoms with Crippen LogP contribution in [0.1, 0.15) is 21.7 Å². The molecule has 1 aliphatic rings. The van der Waals surface area contributed by atoms with Crippen LogP contribution in [0.2, 0.25) is 0 Å². The number of rotatable bonds is 3. The lowest BCUT2D eigenvalue weighted by atomic mass is 10.2. The van der Waals surface area contributed by atoms with Gasteiger partial charge in [-0.1, -0.05) is 18.2 Å². The molecule has 0 fully saturated rings.